The van der Waals surface area contributed by atoms with Crippen molar-refractivity contribution >= 4 is 35.1 Å². The number of ketones is 2. The van der Waals surface area contributed by atoms with Gasteiger partial charge in [-0.05, 0) is 93.6 Å². The Bertz CT molecular complexity index is 1580. The van der Waals surface area contributed by atoms with Gasteiger partial charge in [0.25, 0.3) is 0 Å². The number of anilines is 3. The van der Waals surface area contributed by atoms with E-state index >= 15 is 0 Å². The third-order valence-corrected chi connectivity index (χ3v) is 13.6. The van der Waals surface area contributed by atoms with Crippen LogP contribution in [0.2, 0.25) is 0 Å². The lowest BCUT2D eigenvalue weighted by atomic mass is 9.52. The van der Waals surface area contributed by atoms with Crippen molar-refractivity contribution in [2.75, 3.05) is 80.2 Å². The third-order valence-electron chi connectivity index (χ3n) is 13.6. The minimum Gasteiger partial charge on any atom is -0.457 e. The van der Waals surface area contributed by atoms with Crippen LogP contribution in [-0.2, 0) is 19.1 Å². The molecular formula is C40H54N6O4. The molecule has 0 spiro atoms. The number of rotatable bonds is 8. The lowest BCUT2D eigenvalue weighted by Crippen LogP contribution is -2.49. The predicted molar refractivity (Wildman–Crippen MR) is 194 cm³/mol. The molecule has 0 aromatic carbocycles. The van der Waals surface area contributed by atoms with E-state index in [4.69, 9.17) is 14.7 Å². The number of fused-ring (bicyclic) bond motifs is 5. The molecule has 3 aliphatic heterocycles. The maximum absolute atomic E-state index is 13.9. The normalized spacial score (nSPS) is 33.9. The predicted octanol–water partition coefficient (Wildman–Crippen LogP) is 5.00. The second kappa shape index (κ2) is 13.2. The molecule has 4 heterocycles. The summed E-state index contributed by atoms with van der Waals surface area (Å²) in [5.41, 5.74) is 2.33. The van der Waals surface area contributed by atoms with Crippen LogP contribution in [-0.4, -0.2) is 97.9 Å². The fourth-order valence-corrected chi connectivity index (χ4v) is 10.9. The molecule has 7 aliphatic rings. The molecule has 0 radical (unpaired) electrons. The lowest BCUT2D eigenvalue weighted by molar-refractivity contribution is -0.151. The Balaban J connectivity index is 0.863. The molecule has 8 rings (SSSR count). The fourth-order valence-electron chi connectivity index (χ4n) is 10.9. The Labute approximate surface area is 297 Å². The molecule has 2 saturated carbocycles. The number of hydrogen-bond donors (Lipinski definition) is 0. The summed E-state index contributed by atoms with van der Waals surface area (Å²) in [6.07, 6.45) is 16.7. The molecule has 1 aromatic rings. The van der Waals surface area contributed by atoms with Crippen LogP contribution in [0.25, 0.3) is 0 Å². The fraction of sp³-hybridized carbons (Fsp3) is 0.675. The third kappa shape index (κ3) is 5.99. The number of allylic oxidation sites excluding steroid dienone is 6. The van der Waals surface area contributed by atoms with Gasteiger partial charge in [-0.3, -0.25) is 19.3 Å². The molecular weight excluding hydrogens is 628 g/mol. The number of Topliss-reactive ketones (excluding diaryl/α,β-unsaturated/α-hetero) is 1. The summed E-state index contributed by atoms with van der Waals surface area (Å²) in [6, 6.07) is 2.15. The number of aromatic nitrogens is 2. The second-order valence-electron chi connectivity index (χ2n) is 16.6. The van der Waals surface area contributed by atoms with Gasteiger partial charge in [-0.25, -0.2) is 0 Å². The number of hydrogen-bond acceptors (Lipinski definition) is 10. The zero-order valence-corrected chi connectivity index (χ0v) is 30.2. The number of piperazine rings is 1. The number of carbonyl (C=O) groups excluding carboxylic acids is 3. The minimum absolute atomic E-state index is 0.0645. The average molecular weight is 683 g/mol. The van der Waals surface area contributed by atoms with Crippen LogP contribution in [0.3, 0.4) is 0 Å². The summed E-state index contributed by atoms with van der Waals surface area (Å²) < 4.78 is 5.71. The standard InChI is InChI=1S/C40H54N6O4/c1-27-22-32-30-9-8-28-23-29(47)10-12-39(28,2)31(30)11-13-40(32,3)37(27)33(48)26-50-36(49)25-43-18-20-45(21-19-43)35-24-34(44-14-4-5-15-44)41-38(42-35)46-16-6-7-17-46/h10-12,23-24,27,30,32,37H,4-9,13-22,25-26H2,1-3H3/t27?,30-,32+,37-,39+,40+/m1/s1. The first-order chi connectivity index (χ1) is 24.1. The SMILES string of the molecule is CC1C[C@H]2[C@@H]3CCC4=CC(=O)C=C[C@]4(C)C3=CC[C@]2(C)[C@H]1C(=O)COC(=O)CN1CCN(c2cc(N3CCCC3)nc(N3CCCC3)n2)CC1. The van der Waals surface area contributed by atoms with Gasteiger partial charge in [-0.2, -0.15) is 9.97 Å². The van der Waals surface area contributed by atoms with Crippen LogP contribution in [0.15, 0.2) is 41.5 Å². The Morgan fingerprint density at radius 1 is 0.920 bits per heavy atom. The van der Waals surface area contributed by atoms with Gasteiger partial charge in [-0.15, -0.1) is 0 Å². The summed E-state index contributed by atoms with van der Waals surface area (Å²) in [5, 5.41) is 0. The van der Waals surface area contributed by atoms with Gasteiger partial charge >= 0.3 is 5.97 Å². The van der Waals surface area contributed by atoms with Crippen LogP contribution >= 0.6 is 0 Å². The van der Waals surface area contributed by atoms with Crippen molar-refractivity contribution in [1.82, 2.24) is 14.9 Å². The van der Waals surface area contributed by atoms with Crippen LogP contribution in [0.5, 0.6) is 0 Å². The highest BCUT2D eigenvalue weighted by molar-refractivity contribution is 6.01. The van der Waals surface area contributed by atoms with Crippen molar-refractivity contribution in [3.05, 3.63) is 41.5 Å². The molecule has 3 saturated heterocycles. The Morgan fingerprint density at radius 3 is 2.28 bits per heavy atom. The van der Waals surface area contributed by atoms with Gasteiger partial charge in [0.05, 0.1) is 6.54 Å². The van der Waals surface area contributed by atoms with Crippen molar-refractivity contribution in [2.45, 2.75) is 72.1 Å². The van der Waals surface area contributed by atoms with Crippen LogP contribution in [0, 0.1) is 34.5 Å². The number of ether oxygens (including phenoxy) is 1. The molecule has 0 N–H and O–H groups in total. The van der Waals surface area contributed by atoms with Gasteiger partial charge in [-0.1, -0.05) is 37.1 Å². The highest BCUT2D eigenvalue weighted by atomic mass is 16.5. The van der Waals surface area contributed by atoms with E-state index in [0.717, 1.165) is 95.6 Å². The Morgan fingerprint density at radius 2 is 1.58 bits per heavy atom. The van der Waals surface area contributed by atoms with Crippen LogP contribution in [0.4, 0.5) is 17.6 Å². The first kappa shape index (κ1) is 33.6. The van der Waals surface area contributed by atoms with Gasteiger partial charge in [0.15, 0.2) is 11.6 Å². The molecule has 6 atom stereocenters. The lowest BCUT2D eigenvalue weighted by Gasteiger charge is -2.52. The molecule has 4 aliphatic carbocycles. The second-order valence-corrected chi connectivity index (χ2v) is 16.6. The molecule has 10 heteroatoms. The molecule has 1 aromatic heterocycles. The van der Waals surface area contributed by atoms with Gasteiger partial charge in [0, 0.05) is 69.8 Å². The quantitative estimate of drug-likeness (QED) is 0.275. The maximum atomic E-state index is 13.9. The van der Waals surface area contributed by atoms with E-state index in [-0.39, 0.29) is 53.4 Å². The summed E-state index contributed by atoms with van der Waals surface area (Å²) >= 11 is 0. The molecule has 5 fully saturated rings. The zero-order valence-electron chi connectivity index (χ0n) is 30.2. The number of esters is 1. The first-order valence-corrected chi connectivity index (χ1v) is 19.3. The van der Waals surface area contributed by atoms with E-state index in [2.05, 4.69) is 58.6 Å². The van der Waals surface area contributed by atoms with Gasteiger partial charge in [0.1, 0.15) is 18.2 Å². The van der Waals surface area contributed by atoms with Crippen molar-refractivity contribution in [2.24, 2.45) is 34.5 Å². The molecule has 10 nitrogen and oxygen atoms in total. The van der Waals surface area contributed by atoms with Crippen molar-refractivity contribution in [1.29, 1.82) is 0 Å². The molecule has 1 unspecified atom stereocenters. The molecule has 0 amide bonds. The number of carbonyl (C=O) groups is 3. The van der Waals surface area contributed by atoms with Crippen molar-refractivity contribution in [3.8, 4) is 0 Å². The van der Waals surface area contributed by atoms with Crippen LogP contribution < -0.4 is 14.7 Å². The van der Waals surface area contributed by atoms with Crippen LogP contribution in [0.1, 0.15) is 72.1 Å². The molecule has 268 valence electrons. The highest BCUT2D eigenvalue weighted by Crippen LogP contribution is 2.65. The van der Waals surface area contributed by atoms with E-state index < -0.39 is 0 Å². The zero-order chi connectivity index (χ0) is 34.6. The van der Waals surface area contributed by atoms with E-state index in [1.54, 1.807) is 6.08 Å². The molecule has 0 bridgehead atoms. The van der Waals surface area contributed by atoms with E-state index in [9.17, 15) is 14.4 Å². The monoisotopic (exact) mass is 682 g/mol. The van der Waals surface area contributed by atoms with Gasteiger partial charge < -0.3 is 19.4 Å². The smallest absolute Gasteiger partial charge is 0.320 e. The van der Waals surface area contributed by atoms with E-state index in [1.165, 1.54) is 36.8 Å². The Hall–Kier alpha value is -3.53. The highest BCUT2D eigenvalue weighted by Gasteiger charge is 2.59. The number of nitrogens with zero attached hydrogens (tertiary/aromatic N) is 6. The van der Waals surface area contributed by atoms with E-state index in [0.29, 0.717) is 11.8 Å². The van der Waals surface area contributed by atoms with Gasteiger partial charge in [0.2, 0.25) is 5.95 Å². The largest absolute Gasteiger partial charge is 0.457 e. The maximum Gasteiger partial charge on any atom is 0.320 e. The first-order valence-electron chi connectivity index (χ1n) is 19.3. The average Bonchev–Trinajstić information content (AvgIpc) is 3.89. The van der Waals surface area contributed by atoms with Crippen molar-refractivity contribution in [3.63, 3.8) is 0 Å². The summed E-state index contributed by atoms with van der Waals surface area (Å²) in [5.74, 6) is 3.63. The minimum atomic E-state index is -0.321. The topological polar surface area (TPSA) is 99.2 Å². The Kier molecular flexibility index (Phi) is 8.89. The molecule has 50 heavy (non-hydrogen) atoms. The summed E-state index contributed by atoms with van der Waals surface area (Å²) in [4.78, 5) is 58.2. The van der Waals surface area contributed by atoms with Crippen molar-refractivity contribution < 1.29 is 19.1 Å². The summed E-state index contributed by atoms with van der Waals surface area (Å²) in [6.45, 7) is 14.0. The van der Waals surface area contributed by atoms with E-state index in [1.807, 2.05) is 6.08 Å². The summed E-state index contributed by atoms with van der Waals surface area (Å²) in [7, 11) is 0.